The van der Waals surface area contributed by atoms with E-state index in [2.05, 4.69) is 10.6 Å². The van der Waals surface area contributed by atoms with Gasteiger partial charge in [-0.05, 0) is 20.9 Å². The third-order valence-corrected chi connectivity index (χ3v) is 1.08. The first-order chi connectivity index (χ1) is 7.68. The van der Waals surface area contributed by atoms with Crippen molar-refractivity contribution in [1.29, 1.82) is 0 Å². The van der Waals surface area contributed by atoms with Crippen molar-refractivity contribution < 1.29 is 4.79 Å². The summed E-state index contributed by atoms with van der Waals surface area (Å²) in [5, 5.41) is 5.55. The summed E-state index contributed by atoms with van der Waals surface area (Å²) in [5.74, 6) is 0.0280. The highest BCUT2D eigenvalue weighted by atomic mass is 16.1. The van der Waals surface area contributed by atoms with Gasteiger partial charge in [0.25, 0.3) is 0 Å². The van der Waals surface area contributed by atoms with Crippen LogP contribution in [0, 0.1) is 0 Å². The minimum atomic E-state index is 0.0280. The highest BCUT2D eigenvalue weighted by molar-refractivity contribution is 5.72. The lowest BCUT2D eigenvalue weighted by atomic mass is 10.6. The van der Waals surface area contributed by atoms with Gasteiger partial charge in [-0.25, -0.2) is 0 Å². The molecule has 0 bridgehead atoms. The van der Waals surface area contributed by atoms with Crippen molar-refractivity contribution in [2.24, 2.45) is 0 Å². The summed E-state index contributed by atoms with van der Waals surface area (Å²) < 4.78 is 0. The quantitative estimate of drug-likeness (QED) is 0.580. The second kappa shape index (κ2) is 36.8. The van der Waals surface area contributed by atoms with E-state index in [0.29, 0.717) is 6.54 Å². The third-order valence-electron chi connectivity index (χ3n) is 1.08. The van der Waals surface area contributed by atoms with Crippen molar-refractivity contribution >= 4 is 5.91 Å². The van der Waals surface area contributed by atoms with Crippen LogP contribution in [0.3, 0.4) is 0 Å². The van der Waals surface area contributed by atoms with Crippen LogP contribution in [0.1, 0.15) is 48.5 Å². The third kappa shape index (κ3) is 73.0. The van der Waals surface area contributed by atoms with E-state index in [9.17, 15) is 4.79 Å². The second-order valence-corrected chi connectivity index (χ2v) is 2.25. The van der Waals surface area contributed by atoms with Crippen molar-refractivity contribution in [2.75, 3.05) is 20.1 Å². The fourth-order valence-electron chi connectivity index (χ4n) is 0.364. The first-order valence-corrected chi connectivity index (χ1v) is 6.15. The van der Waals surface area contributed by atoms with Gasteiger partial charge in [-0.15, -0.1) is 0 Å². The number of likely N-dealkylation sites (N-methyl/N-ethyl adjacent to an activating group) is 1. The van der Waals surface area contributed by atoms with Crippen LogP contribution >= 0.6 is 0 Å². The highest BCUT2D eigenvalue weighted by Gasteiger charge is 1.85. The van der Waals surface area contributed by atoms with E-state index in [1.807, 2.05) is 60.7 Å². The van der Waals surface area contributed by atoms with Gasteiger partial charge in [0.1, 0.15) is 0 Å². The zero-order valence-corrected chi connectivity index (χ0v) is 12.5. The minimum absolute atomic E-state index is 0.0280. The number of allylic oxidation sites excluding steroid dienone is 2. The predicted molar refractivity (Wildman–Crippen MR) is 75.8 cm³/mol. The van der Waals surface area contributed by atoms with Crippen molar-refractivity contribution in [3.05, 3.63) is 12.2 Å². The molecule has 0 radical (unpaired) electrons. The Kier molecular flexibility index (Phi) is 56.2. The Morgan fingerprint density at radius 3 is 1.56 bits per heavy atom. The maximum Gasteiger partial charge on any atom is 0.216 e. The summed E-state index contributed by atoms with van der Waals surface area (Å²) >= 11 is 0. The molecule has 0 saturated heterocycles. The predicted octanol–water partition coefficient (Wildman–Crippen LogP) is 2.98. The summed E-state index contributed by atoms with van der Waals surface area (Å²) in [6.07, 6.45) is 4.00. The average Bonchev–Trinajstić information content (AvgIpc) is 2.34. The maximum absolute atomic E-state index is 10.2. The van der Waals surface area contributed by atoms with Crippen LogP contribution in [0.4, 0.5) is 0 Å². The van der Waals surface area contributed by atoms with Gasteiger partial charge in [0, 0.05) is 20.0 Å². The van der Waals surface area contributed by atoms with E-state index < -0.39 is 0 Å². The number of carbonyl (C=O) groups is 1. The molecule has 0 aliphatic rings. The van der Waals surface area contributed by atoms with E-state index in [1.165, 1.54) is 6.92 Å². The van der Waals surface area contributed by atoms with Crippen LogP contribution < -0.4 is 10.6 Å². The average molecular weight is 232 g/mol. The lowest BCUT2D eigenvalue weighted by molar-refractivity contribution is -0.118. The lowest BCUT2D eigenvalue weighted by Gasteiger charge is -1.97. The summed E-state index contributed by atoms with van der Waals surface area (Å²) in [7, 11) is 1.85. The van der Waals surface area contributed by atoms with E-state index in [1.54, 1.807) is 0 Å². The summed E-state index contributed by atoms with van der Waals surface area (Å²) in [6, 6.07) is 0. The number of carbonyl (C=O) groups excluding carboxylic acids is 1. The molecule has 3 nitrogen and oxygen atoms in total. The van der Waals surface area contributed by atoms with Crippen molar-refractivity contribution in [3.8, 4) is 0 Å². The summed E-state index contributed by atoms with van der Waals surface area (Å²) in [6.45, 7) is 15.1. The Morgan fingerprint density at radius 2 is 1.38 bits per heavy atom. The lowest BCUT2D eigenvalue weighted by Crippen LogP contribution is -2.28. The zero-order chi connectivity index (χ0) is 13.8. The Morgan fingerprint density at radius 1 is 1.00 bits per heavy atom. The minimum Gasteiger partial charge on any atom is -0.355 e. The first-order valence-electron chi connectivity index (χ1n) is 6.15. The van der Waals surface area contributed by atoms with E-state index in [4.69, 9.17) is 0 Å². The van der Waals surface area contributed by atoms with Gasteiger partial charge >= 0.3 is 0 Å². The van der Waals surface area contributed by atoms with E-state index >= 15 is 0 Å². The molecule has 0 aromatic heterocycles. The monoisotopic (exact) mass is 232 g/mol. The molecular weight excluding hydrogens is 200 g/mol. The molecule has 2 N–H and O–H groups in total. The number of nitrogens with one attached hydrogen (secondary N) is 2. The van der Waals surface area contributed by atoms with Gasteiger partial charge in [-0.3, -0.25) is 4.79 Å². The second-order valence-electron chi connectivity index (χ2n) is 2.25. The molecule has 0 aliphatic heterocycles. The number of rotatable bonds is 3. The molecular formula is C13H32N2O. The molecule has 0 heterocycles. The normalized spacial score (nSPS) is 7.50. The molecule has 0 fully saturated rings. The molecule has 0 aromatic rings. The Hall–Kier alpha value is -0.830. The molecule has 0 spiro atoms. The van der Waals surface area contributed by atoms with Crippen molar-refractivity contribution in [1.82, 2.24) is 10.6 Å². The molecule has 0 atom stereocenters. The van der Waals surface area contributed by atoms with Gasteiger partial charge in [-0.1, -0.05) is 39.8 Å². The fraction of sp³-hybridized carbons (Fsp3) is 0.769. The van der Waals surface area contributed by atoms with Gasteiger partial charge in [0.2, 0.25) is 5.91 Å². The van der Waals surface area contributed by atoms with Crippen LogP contribution in [0.25, 0.3) is 0 Å². The molecule has 16 heavy (non-hydrogen) atoms. The smallest absolute Gasteiger partial charge is 0.216 e. The molecule has 3 heteroatoms. The van der Waals surface area contributed by atoms with Gasteiger partial charge in [0.15, 0.2) is 0 Å². The molecule has 0 aliphatic carbocycles. The van der Waals surface area contributed by atoms with Gasteiger partial charge < -0.3 is 10.6 Å². The number of amides is 1. The van der Waals surface area contributed by atoms with Gasteiger partial charge in [0.05, 0.1) is 0 Å². The molecule has 0 unspecified atom stereocenters. The SMILES string of the molecule is C/C=C\C.CC.CC.CNCCNC(C)=O. The molecule has 0 rings (SSSR count). The molecule has 0 aromatic carbocycles. The van der Waals surface area contributed by atoms with Crippen molar-refractivity contribution in [3.63, 3.8) is 0 Å². The Balaban J connectivity index is -0.0000000761. The van der Waals surface area contributed by atoms with Crippen molar-refractivity contribution in [2.45, 2.75) is 48.5 Å². The fourth-order valence-corrected chi connectivity index (χ4v) is 0.364. The Labute approximate surface area is 103 Å². The Bertz CT molecular complexity index is 119. The van der Waals surface area contributed by atoms with Crippen LogP contribution in [-0.2, 0) is 4.79 Å². The van der Waals surface area contributed by atoms with Crippen LogP contribution in [0.5, 0.6) is 0 Å². The molecule has 0 saturated carbocycles. The highest BCUT2D eigenvalue weighted by Crippen LogP contribution is 1.57. The molecule has 100 valence electrons. The van der Waals surface area contributed by atoms with E-state index in [0.717, 1.165) is 6.54 Å². The largest absolute Gasteiger partial charge is 0.355 e. The zero-order valence-electron chi connectivity index (χ0n) is 12.5. The topological polar surface area (TPSA) is 41.1 Å². The first kappa shape index (κ1) is 24.4. The number of hydrogen-bond donors (Lipinski definition) is 2. The summed E-state index contributed by atoms with van der Waals surface area (Å²) in [4.78, 5) is 10.2. The standard InChI is InChI=1S/C5H12N2O.C4H8.2C2H6/c1-5(8)7-4-3-6-2;1-3-4-2;2*1-2/h6H,3-4H2,1-2H3,(H,7,8);3-4H,1-2H3;2*1-2H3/b;4-3-;;. The van der Waals surface area contributed by atoms with Crippen LogP contribution in [0.15, 0.2) is 12.2 Å². The van der Waals surface area contributed by atoms with Crippen LogP contribution in [-0.4, -0.2) is 26.0 Å². The summed E-state index contributed by atoms with van der Waals surface area (Å²) in [5.41, 5.74) is 0. The number of hydrogen-bond acceptors (Lipinski definition) is 2. The van der Waals surface area contributed by atoms with Gasteiger partial charge in [-0.2, -0.15) is 0 Å². The molecule has 1 amide bonds. The van der Waals surface area contributed by atoms with Crippen LogP contribution in [0.2, 0.25) is 0 Å². The van der Waals surface area contributed by atoms with E-state index in [-0.39, 0.29) is 5.91 Å². The maximum atomic E-state index is 10.2.